The van der Waals surface area contributed by atoms with Crippen molar-refractivity contribution in [3.8, 4) is 6.07 Å². The number of anilines is 1. The van der Waals surface area contributed by atoms with Crippen molar-refractivity contribution in [3.05, 3.63) is 29.6 Å². The Kier molecular flexibility index (Phi) is 6.57. The summed E-state index contributed by atoms with van der Waals surface area (Å²) in [6, 6.07) is 5.92. The van der Waals surface area contributed by atoms with Crippen LogP contribution in [0.4, 0.5) is 14.9 Å². The first kappa shape index (κ1) is 18.5. The number of hydrogen-bond donors (Lipinski definition) is 3. The largest absolute Gasteiger partial charge is 0.367 e. The number of piperidine rings is 1. The van der Waals surface area contributed by atoms with Gasteiger partial charge >= 0.3 is 6.03 Å². The molecular weight excluding hydrogens is 325 g/mol. The van der Waals surface area contributed by atoms with Crippen LogP contribution in [0.25, 0.3) is 0 Å². The molecule has 2 rings (SSSR count). The van der Waals surface area contributed by atoms with E-state index in [9.17, 15) is 14.0 Å². The van der Waals surface area contributed by atoms with E-state index in [1.807, 2.05) is 11.0 Å². The SMILES string of the molecule is CC(=O)NCCNC(=O)NC1CCCN(c2ccc(C#N)cc2F)C1. The van der Waals surface area contributed by atoms with Crippen LogP contribution in [0.2, 0.25) is 0 Å². The Bertz CT molecular complexity index is 673. The van der Waals surface area contributed by atoms with Gasteiger partial charge in [-0.1, -0.05) is 0 Å². The van der Waals surface area contributed by atoms with Crippen molar-refractivity contribution in [2.75, 3.05) is 31.1 Å². The molecule has 1 fully saturated rings. The lowest BCUT2D eigenvalue weighted by molar-refractivity contribution is -0.118. The molecule has 1 saturated heterocycles. The average molecular weight is 347 g/mol. The van der Waals surface area contributed by atoms with E-state index in [1.54, 1.807) is 12.1 Å². The Morgan fingerprint density at radius 3 is 2.80 bits per heavy atom. The van der Waals surface area contributed by atoms with E-state index in [0.717, 1.165) is 12.8 Å². The molecule has 7 nitrogen and oxygen atoms in total. The second-order valence-corrected chi connectivity index (χ2v) is 5.95. The zero-order valence-electron chi connectivity index (χ0n) is 14.1. The number of urea groups is 1. The van der Waals surface area contributed by atoms with E-state index in [4.69, 9.17) is 5.26 Å². The van der Waals surface area contributed by atoms with Gasteiger partial charge in [0.05, 0.1) is 17.3 Å². The van der Waals surface area contributed by atoms with E-state index < -0.39 is 5.82 Å². The fourth-order valence-electron chi connectivity index (χ4n) is 2.80. The maximum absolute atomic E-state index is 14.2. The highest BCUT2D eigenvalue weighted by Crippen LogP contribution is 2.24. The maximum Gasteiger partial charge on any atom is 0.315 e. The molecule has 8 heteroatoms. The molecule has 1 aromatic rings. The van der Waals surface area contributed by atoms with Crippen LogP contribution < -0.4 is 20.9 Å². The van der Waals surface area contributed by atoms with Gasteiger partial charge in [-0.15, -0.1) is 0 Å². The first-order valence-corrected chi connectivity index (χ1v) is 8.23. The van der Waals surface area contributed by atoms with Gasteiger partial charge in [-0.05, 0) is 31.0 Å². The van der Waals surface area contributed by atoms with Crippen molar-refractivity contribution in [2.45, 2.75) is 25.8 Å². The molecule has 0 saturated carbocycles. The van der Waals surface area contributed by atoms with Crippen LogP contribution in [-0.4, -0.2) is 44.2 Å². The second-order valence-electron chi connectivity index (χ2n) is 5.95. The Morgan fingerprint density at radius 1 is 1.36 bits per heavy atom. The molecule has 1 aromatic carbocycles. The molecule has 1 aliphatic rings. The van der Waals surface area contributed by atoms with Gasteiger partial charge in [-0.2, -0.15) is 5.26 Å². The normalized spacial score (nSPS) is 16.7. The van der Waals surface area contributed by atoms with Crippen LogP contribution in [0.15, 0.2) is 18.2 Å². The topological polar surface area (TPSA) is 97.3 Å². The zero-order chi connectivity index (χ0) is 18.2. The third-order valence-corrected chi connectivity index (χ3v) is 3.96. The van der Waals surface area contributed by atoms with E-state index >= 15 is 0 Å². The van der Waals surface area contributed by atoms with Gasteiger partial charge in [0.2, 0.25) is 5.91 Å². The molecule has 0 radical (unpaired) electrons. The molecule has 1 atom stereocenters. The van der Waals surface area contributed by atoms with Crippen molar-refractivity contribution in [3.63, 3.8) is 0 Å². The van der Waals surface area contributed by atoms with Crippen LogP contribution in [-0.2, 0) is 4.79 Å². The Hall–Kier alpha value is -2.82. The van der Waals surface area contributed by atoms with Crippen molar-refractivity contribution >= 4 is 17.6 Å². The standard InChI is InChI=1S/C17H22FN5O2/c1-12(24)20-6-7-21-17(25)22-14-3-2-8-23(11-14)16-5-4-13(10-19)9-15(16)18/h4-5,9,14H,2-3,6-8,11H2,1H3,(H,20,24)(H2,21,22,25). The van der Waals surface area contributed by atoms with Gasteiger partial charge in [-0.25, -0.2) is 9.18 Å². The highest BCUT2D eigenvalue weighted by molar-refractivity contribution is 5.75. The van der Waals surface area contributed by atoms with Gasteiger partial charge in [0.25, 0.3) is 0 Å². The first-order chi connectivity index (χ1) is 12.0. The Balaban J connectivity index is 1.85. The maximum atomic E-state index is 14.2. The highest BCUT2D eigenvalue weighted by Gasteiger charge is 2.23. The number of nitriles is 1. The van der Waals surface area contributed by atoms with Crippen LogP contribution in [0.3, 0.4) is 0 Å². The molecule has 134 valence electrons. The molecule has 3 N–H and O–H groups in total. The minimum atomic E-state index is -0.431. The molecule has 0 aliphatic carbocycles. The van der Waals surface area contributed by atoms with Crippen molar-refractivity contribution in [1.82, 2.24) is 16.0 Å². The predicted octanol–water partition coefficient (Wildman–Crippen LogP) is 1.10. The monoisotopic (exact) mass is 347 g/mol. The van der Waals surface area contributed by atoms with Crippen LogP contribution in [0.5, 0.6) is 0 Å². The number of benzene rings is 1. The average Bonchev–Trinajstić information content (AvgIpc) is 2.58. The summed E-state index contributed by atoms with van der Waals surface area (Å²) >= 11 is 0. The third-order valence-electron chi connectivity index (χ3n) is 3.96. The quantitative estimate of drug-likeness (QED) is 0.695. The predicted molar refractivity (Wildman–Crippen MR) is 91.6 cm³/mol. The van der Waals surface area contributed by atoms with Crippen molar-refractivity contribution in [2.24, 2.45) is 0 Å². The number of nitrogens with zero attached hydrogens (tertiary/aromatic N) is 2. The van der Waals surface area contributed by atoms with Crippen LogP contribution >= 0.6 is 0 Å². The van der Waals surface area contributed by atoms with Gasteiger partial charge in [0.15, 0.2) is 0 Å². The summed E-state index contributed by atoms with van der Waals surface area (Å²) in [4.78, 5) is 24.5. The molecular formula is C17H22FN5O2. The molecule has 0 bridgehead atoms. The summed E-state index contributed by atoms with van der Waals surface area (Å²) in [6.45, 7) is 3.33. The molecule has 3 amide bonds. The summed E-state index contributed by atoms with van der Waals surface area (Å²) < 4.78 is 14.2. The van der Waals surface area contributed by atoms with Crippen LogP contribution in [0, 0.1) is 17.1 Å². The summed E-state index contributed by atoms with van der Waals surface area (Å²) in [7, 11) is 0. The van der Waals surface area contributed by atoms with Gasteiger partial charge in [-0.3, -0.25) is 4.79 Å². The lowest BCUT2D eigenvalue weighted by Gasteiger charge is -2.35. The minimum Gasteiger partial charge on any atom is -0.367 e. The summed E-state index contributed by atoms with van der Waals surface area (Å²) in [5.41, 5.74) is 0.725. The second kappa shape index (κ2) is 8.87. The highest BCUT2D eigenvalue weighted by atomic mass is 19.1. The number of carbonyl (C=O) groups excluding carboxylic acids is 2. The smallest absolute Gasteiger partial charge is 0.315 e. The fraction of sp³-hybridized carbons (Fsp3) is 0.471. The van der Waals surface area contributed by atoms with Gasteiger partial charge in [0.1, 0.15) is 5.82 Å². The minimum absolute atomic E-state index is 0.0930. The Labute approximate surface area is 146 Å². The number of halogens is 1. The molecule has 25 heavy (non-hydrogen) atoms. The lowest BCUT2D eigenvalue weighted by atomic mass is 10.0. The Morgan fingerprint density at radius 2 is 2.12 bits per heavy atom. The van der Waals surface area contributed by atoms with Crippen molar-refractivity contribution in [1.29, 1.82) is 5.26 Å². The van der Waals surface area contributed by atoms with E-state index in [-0.39, 0.29) is 23.5 Å². The first-order valence-electron chi connectivity index (χ1n) is 8.23. The summed E-state index contributed by atoms with van der Waals surface area (Å²) in [5, 5.41) is 17.0. The van der Waals surface area contributed by atoms with E-state index in [0.29, 0.717) is 31.9 Å². The molecule has 1 unspecified atom stereocenters. The van der Waals surface area contributed by atoms with Crippen molar-refractivity contribution < 1.29 is 14.0 Å². The number of nitrogens with one attached hydrogen (secondary N) is 3. The lowest BCUT2D eigenvalue weighted by Crippen LogP contribution is -2.51. The summed E-state index contributed by atoms with van der Waals surface area (Å²) in [6.07, 6.45) is 1.64. The van der Waals surface area contributed by atoms with E-state index in [1.165, 1.54) is 13.0 Å². The number of rotatable bonds is 5. The molecule has 1 heterocycles. The molecule has 0 spiro atoms. The summed E-state index contributed by atoms with van der Waals surface area (Å²) in [5.74, 6) is -0.575. The zero-order valence-corrected chi connectivity index (χ0v) is 14.1. The molecule has 1 aliphatic heterocycles. The number of hydrogen-bond acceptors (Lipinski definition) is 4. The molecule has 0 aromatic heterocycles. The van der Waals surface area contributed by atoms with Gasteiger partial charge < -0.3 is 20.9 Å². The third kappa shape index (κ3) is 5.64. The van der Waals surface area contributed by atoms with E-state index in [2.05, 4.69) is 16.0 Å². The number of carbonyl (C=O) groups is 2. The number of amides is 3. The van der Waals surface area contributed by atoms with Crippen LogP contribution in [0.1, 0.15) is 25.3 Å². The van der Waals surface area contributed by atoms with Gasteiger partial charge in [0, 0.05) is 39.1 Å². The fourth-order valence-corrected chi connectivity index (χ4v) is 2.80.